The molecule has 0 aliphatic carbocycles. The van der Waals surface area contributed by atoms with Gasteiger partial charge in [0.2, 0.25) is 0 Å². The van der Waals surface area contributed by atoms with Gasteiger partial charge in [-0.25, -0.2) is 0 Å². The van der Waals surface area contributed by atoms with E-state index in [1.54, 1.807) is 7.11 Å². The minimum Gasteiger partial charge on any atom is -0.497 e. The molecular formula is C14H23N3O3. The molecule has 0 aliphatic heterocycles. The number of ether oxygens (including phenoxy) is 2. The molecule has 0 spiro atoms. The summed E-state index contributed by atoms with van der Waals surface area (Å²) < 4.78 is 10.7. The molecule has 1 rings (SSSR count). The van der Waals surface area contributed by atoms with Crippen LogP contribution in [0, 0.1) is 0 Å². The number of methoxy groups -OCH3 is 1. The Hall–Kier alpha value is -1.95. The Labute approximate surface area is 119 Å². The molecule has 1 aromatic rings. The van der Waals surface area contributed by atoms with Gasteiger partial charge in [0.25, 0.3) is 0 Å². The number of benzene rings is 1. The van der Waals surface area contributed by atoms with Crippen molar-refractivity contribution in [3.05, 3.63) is 24.3 Å². The average Bonchev–Trinajstić information content (AvgIpc) is 2.49. The SMILES string of the molecule is CCNC(=NCCO)NCCOc1ccc(OC)cc1. The normalized spacial score (nSPS) is 11.1. The van der Waals surface area contributed by atoms with E-state index in [-0.39, 0.29) is 6.61 Å². The topological polar surface area (TPSA) is 75.1 Å². The zero-order valence-corrected chi connectivity index (χ0v) is 12.1. The lowest BCUT2D eigenvalue weighted by molar-refractivity contribution is 0.306. The maximum absolute atomic E-state index is 8.75. The Kier molecular flexibility index (Phi) is 7.98. The molecule has 112 valence electrons. The van der Waals surface area contributed by atoms with Gasteiger partial charge in [0, 0.05) is 6.54 Å². The lowest BCUT2D eigenvalue weighted by Gasteiger charge is -2.12. The van der Waals surface area contributed by atoms with E-state index in [1.165, 1.54) is 0 Å². The maximum Gasteiger partial charge on any atom is 0.191 e. The third-order valence-electron chi connectivity index (χ3n) is 2.44. The first kappa shape index (κ1) is 16.1. The van der Waals surface area contributed by atoms with Crippen molar-refractivity contribution in [2.24, 2.45) is 4.99 Å². The van der Waals surface area contributed by atoms with Crippen LogP contribution in [0.4, 0.5) is 0 Å². The van der Waals surface area contributed by atoms with Gasteiger partial charge >= 0.3 is 0 Å². The maximum atomic E-state index is 8.75. The van der Waals surface area contributed by atoms with Crippen LogP contribution in [-0.4, -0.2) is 51.0 Å². The van der Waals surface area contributed by atoms with Gasteiger partial charge in [-0.1, -0.05) is 0 Å². The van der Waals surface area contributed by atoms with E-state index in [1.807, 2.05) is 31.2 Å². The molecule has 0 heterocycles. The second-order valence-electron chi connectivity index (χ2n) is 3.94. The van der Waals surface area contributed by atoms with Crippen LogP contribution < -0.4 is 20.1 Å². The fourth-order valence-corrected chi connectivity index (χ4v) is 1.51. The summed E-state index contributed by atoms with van der Waals surface area (Å²) in [5.74, 6) is 2.28. The summed E-state index contributed by atoms with van der Waals surface area (Å²) in [7, 11) is 1.63. The van der Waals surface area contributed by atoms with Crippen molar-refractivity contribution in [2.75, 3.05) is 40.0 Å². The minimum absolute atomic E-state index is 0.0406. The van der Waals surface area contributed by atoms with Crippen molar-refractivity contribution in [3.8, 4) is 11.5 Å². The molecule has 0 fully saturated rings. The van der Waals surface area contributed by atoms with Gasteiger partial charge in [0.15, 0.2) is 5.96 Å². The number of hydrogen-bond acceptors (Lipinski definition) is 4. The number of aliphatic imine (C=N–C) groups is 1. The second-order valence-corrected chi connectivity index (χ2v) is 3.94. The number of guanidine groups is 1. The predicted molar refractivity (Wildman–Crippen MR) is 79.6 cm³/mol. The van der Waals surface area contributed by atoms with E-state index >= 15 is 0 Å². The third-order valence-corrected chi connectivity index (χ3v) is 2.44. The molecule has 0 radical (unpaired) electrons. The third kappa shape index (κ3) is 6.29. The minimum atomic E-state index is 0.0406. The van der Waals surface area contributed by atoms with Crippen molar-refractivity contribution in [1.29, 1.82) is 0 Å². The van der Waals surface area contributed by atoms with Crippen molar-refractivity contribution in [2.45, 2.75) is 6.92 Å². The van der Waals surface area contributed by atoms with Crippen LogP contribution in [-0.2, 0) is 0 Å². The first-order chi connectivity index (χ1) is 9.80. The first-order valence-electron chi connectivity index (χ1n) is 6.70. The van der Waals surface area contributed by atoms with Crippen LogP contribution in [0.15, 0.2) is 29.3 Å². The van der Waals surface area contributed by atoms with Crippen molar-refractivity contribution in [1.82, 2.24) is 10.6 Å². The van der Waals surface area contributed by atoms with Gasteiger partial charge in [0.05, 0.1) is 26.8 Å². The Morgan fingerprint density at radius 2 is 1.90 bits per heavy atom. The van der Waals surface area contributed by atoms with Gasteiger partial charge in [-0.05, 0) is 31.2 Å². The molecule has 0 unspecified atom stereocenters. The summed E-state index contributed by atoms with van der Waals surface area (Å²) in [5, 5.41) is 15.0. The van der Waals surface area contributed by atoms with Crippen LogP contribution in [0.25, 0.3) is 0 Å². The van der Waals surface area contributed by atoms with E-state index in [9.17, 15) is 0 Å². The Morgan fingerprint density at radius 3 is 2.50 bits per heavy atom. The number of nitrogens with zero attached hydrogens (tertiary/aromatic N) is 1. The monoisotopic (exact) mass is 281 g/mol. The van der Waals surface area contributed by atoms with E-state index in [0.29, 0.717) is 25.7 Å². The second kappa shape index (κ2) is 9.91. The zero-order valence-electron chi connectivity index (χ0n) is 12.1. The molecule has 6 nitrogen and oxygen atoms in total. The number of rotatable bonds is 8. The molecule has 0 atom stereocenters. The Morgan fingerprint density at radius 1 is 1.20 bits per heavy atom. The highest BCUT2D eigenvalue weighted by Crippen LogP contribution is 2.16. The molecule has 0 aromatic heterocycles. The van der Waals surface area contributed by atoms with Crippen LogP contribution in [0.3, 0.4) is 0 Å². The molecule has 6 heteroatoms. The molecular weight excluding hydrogens is 258 g/mol. The molecule has 0 saturated carbocycles. The van der Waals surface area contributed by atoms with Crippen molar-refractivity contribution in [3.63, 3.8) is 0 Å². The van der Waals surface area contributed by atoms with Crippen LogP contribution in [0.5, 0.6) is 11.5 Å². The standard InChI is InChI=1S/C14H23N3O3/c1-3-15-14(16-8-10-18)17-9-11-20-13-6-4-12(19-2)5-7-13/h4-7,18H,3,8-11H2,1-2H3,(H2,15,16,17). The fraction of sp³-hybridized carbons (Fsp3) is 0.500. The predicted octanol–water partition coefficient (Wildman–Crippen LogP) is 0.621. The highest BCUT2D eigenvalue weighted by molar-refractivity contribution is 5.79. The summed E-state index contributed by atoms with van der Waals surface area (Å²) in [6.45, 7) is 4.34. The molecule has 20 heavy (non-hydrogen) atoms. The summed E-state index contributed by atoms with van der Waals surface area (Å²) >= 11 is 0. The smallest absolute Gasteiger partial charge is 0.191 e. The quantitative estimate of drug-likeness (QED) is 0.370. The molecule has 0 saturated heterocycles. The number of aliphatic hydroxyl groups excluding tert-OH is 1. The summed E-state index contributed by atoms with van der Waals surface area (Å²) in [4.78, 5) is 4.17. The lowest BCUT2D eigenvalue weighted by Crippen LogP contribution is -2.39. The van der Waals surface area contributed by atoms with Gasteiger partial charge in [-0.3, -0.25) is 4.99 Å². The molecule has 0 amide bonds. The largest absolute Gasteiger partial charge is 0.497 e. The fourth-order valence-electron chi connectivity index (χ4n) is 1.51. The van der Waals surface area contributed by atoms with Gasteiger partial charge < -0.3 is 25.2 Å². The van der Waals surface area contributed by atoms with E-state index in [0.717, 1.165) is 18.0 Å². The van der Waals surface area contributed by atoms with Gasteiger partial charge in [-0.2, -0.15) is 0 Å². The Balaban J connectivity index is 2.28. The first-order valence-corrected chi connectivity index (χ1v) is 6.70. The van der Waals surface area contributed by atoms with Crippen LogP contribution in [0.2, 0.25) is 0 Å². The molecule has 1 aromatic carbocycles. The highest BCUT2D eigenvalue weighted by atomic mass is 16.5. The number of hydrogen-bond donors (Lipinski definition) is 3. The number of nitrogens with one attached hydrogen (secondary N) is 2. The van der Waals surface area contributed by atoms with Gasteiger partial charge in [-0.15, -0.1) is 0 Å². The summed E-state index contributed by atoms with van der Waals surface area (Å²) in [5.41, 5.74) is 0. The van der Waals surface area contributed by atoms with Crippen molar-refractivity contribution < 1.29 is 14.6 Å². The van der Waals surface area contributed by atoms with Crippen LogP contribution >= 0.6 is 0 Å². The van der Waals surface area contributed by atoms with Crippen LogP contribution in [0.1, 0.15) is 6.92 Å². The number of aliphatic hydroxyl groups is 1. The zero-order chi connectivity index (χ0) is 14.6. The molecule has 0 bridgehead atoms. The highest BCUT2D eigenvalue weighted by Gasteiger charge is 1.97. The lowest BCUT2D eigenvalue weighted by atomic mass is 10.3. The average molecular weight is 281 g/mol. The molecule has 3 N–H and O–H groups in total. The van der Waals surface area contributed by atoms with Crippen molar-refractivity contribution >= 4 is 5.96 Å². The Bertz CT molecular complexity index is 393. The van der Waals surface area contributed by atoms with E-state index in [2.05, 4.69) is 15.6 Å². The summed E-state index contributed by atoms with van der Waals surface area (Å²) in [6.07, 6.45) is 0. The van der Waals surface area contributed by atoms with E-state index in [4.69, 9.17) is 14.6 Å². The molecule has 0 aliphatic rings. The summed E-state index contributed by atoms with van der Waals surface area (Å²) in [6, 6.07) is 7.44. The van der Waals surface area contributed by atoms with Gasteiger partial charge in [0.1, 0.15) is 18.1 Å². The van der Waals surface area contributed by atoms with E-state index < -0.39 is 0 Å².